The first kappa shape index (κ1) is 17.3. The lowest BCUT2D eigenvalue weighted by atomic mass is 10.0. The van der Waals surface area contributed by atoms with Gasteiger partial charge < -0.3 is 10.3 Å². The molecule has 0 unspecified atom stereocenters. The number of carbonyl (C=O) groups is 1. The lowest BCUT2D eigenvalue weighted by Crippen LogP contribution is -2.25. The maximum Gasteiger partial charge on any atom is 0.251 e. The van der Waals surface area contributed by atoms with Gasteiger partial charge in [0.1, 0.15) is 0 Å². The molecule has 2 aromatic rings. The summed E-state index contributed by atoms with van der Waals surface area (Å²) in [4.78, 5) is 27.0. The smallest absolute Gasteiger partial charge is 0.251 e. The van der Waals surface area contributed by atoms with E-state index in [9.17, 15) is 9.59 Å². The molecule has 0 aliphatic rings. The zero-order valence-corrected chi connectivity index (χ0v) is 14.3. The Morgan fingerprint density at radius 2 is 2.00 bits per heavy atom. The van der Waals surface area contributed by atoms with Crippen molar-refractivity contribution in [1.29, 1.82) is 0 Å². The van der Waals surface area contributed by atoms with Gasteiger partial charge in [-0.25, -0.2) is 0 Å². The predicted octanol–water partition coefficient (Wildman–Crippen LogP) is 3.38. The van der Waals surface area contributed by atoms with Gasteiger partial charge in [-0.1, -0.05) is 31.9 Å². The second-order valence-corrected chi connectivity index (χ2v) is 6.15. The summed E-state index contributed by atoms with van der Waals surface area (Å²) in [7, 11) is 0. The second-order valence-electron chi connectivity index (χ2n) is 6.15. The number of fused-ring (bicyclic) bond motifs is 1. The van der Waals surface area contributed by atoms with Gasteiger partial charge in [0.05, 0.1) is 5.52 Å². The summed E-state index contributed by atoms with van der Waals surface area (Å²) in [5, 5.41) is 3.93. The summed E-state index contributed by atoms with van der Waals surface area (Å²) >= 11 is 0. The van der Waals surface area contributed by atoms with E-state index >= 15 is 0 Å². The third-order valence-electron chi connectivity index (χ3n) is 4.35. The lowest BCUT2D eigenvalue weighted by Gasteiger charge is -2.08. The maximum atomic E-state index is 12.2. The van der Waals surface area contributed by atoms with E-state index in [2.05, 4.69) is 23.3 Å². The molecule has 0 saturated carbocycles. The van der Waals surface area contributed by atoms with Crippen molar-refractivity contribution in [3.8, 4) is 0 Å². The molecule has 1 amide bonds. The monoisotopic (exact) mass is 314 g/mol. The minimum absolute atomic E-state index is 0.0145. The molecule has 0 fully saturated rings. The van der Waals surface area contributed by atoms with Gasteiger partial charge in [-0.15, -0.1) is 0 Å². The zero-order valence-electron chi connectivity index (χ0n) is 14.3. The van der Waals surface area contributed by atoms with E-state index in [4.69, 9.17) is 0 Å². The van der Waals surface area contributed by atoms with Crippen molar-refractivity contribution in [3.63, 3.8) is 0 Å². The Kier molecular flexibility index (Phi) is 5.97. The van der Waals surface area contributed by atoms with Crippen LogP contribution in [0.15, 0.2) is 23.0 Å². The van der Waals surface area contributed by atoms with Crippen molar-refractivity contribution < 1.29 is 4.79 Å². The Balaban J connectivity index is 2.03. The molecule has 0 spiro atoms. The Morgan fingerprint density at radius 3 is 2.74 bits per heavy atom. The number of H-pyrrole nitrogens is 1. The molecule has 4 heteroatoms. The van der Waals surface area contributed by atoms with Gasteiger partial charge in [-0.05, 0) is 49.3 Å². The highest BCUT2D eigenvalue weighted by molar-refractivity contribution is 5.83. The van der Waals surface area contributed by atoms with Gasteiger partial charge in [-0.2, -0.15) is 0 Å². The van der Waals surface area contributed by atoms with Gasteiger partial charge >= 0.3 is 0 Å². The van der Waals surface area contributed by atoms with Gasteiger partial charge in [0, 0.05) is 18.5 Å². The molecule has 124 valence electrons. The highest BCUT2D eigenvalue weighted by Crippen LogP contribution is 2.19. The molecule has 4 nitrogen and oxygen atoms in total. The molecule has 2 rings (SSSR count). The number of carbonyl (C=O) groups excluding carboxylic acids is 1. The molecule has 1 heterocycles. The summed E-state index contributed by atoms with van der Waals surface area (Å²) in [5.41, 5.74) is 3.73. The summed E-state index contributed by atoms with van der Waals surface area (Å²) in [5.74, 6) is 0.0145. The largest absolute Gasteiger partial charge is 0.356 e. The molecule has 23 heavy (non-hydrogen) atoms. The van der Waals surface area contributed by atoms with E-state index in [-0.39, 0.29) is 11.5 Å². The molecule has 1 aromatic carbocycles. The van der Waals surface area contributed by atoms with Crippen molar-refractivity contribution in [2.45, 2.75) is 52.9 Å². The number of hydrogen-bond acceptors (Lipinski definition) is 2. The highest BCUT2D eigenvalue weighted by atomic mass is 16.1. The van der Waals surface area contributed by atoms with E-state index in [1.54, 1.807) is 0 Å². The highest BCUT2D eigenvalue weighted by Gasteiger charge is 2.08. The van der Waals surface area contributed by atoms with Crippen LogP contribution in [0.5, 0.6) is 0 Å². The predicted molar refractivity (Wildman–Crippen MR) is 94.9 cm³/mol. The molecule has 0 bridgehead atoms. The van der Waals surface area contributed by atoms with Gasteiger partial charge in [-0.3, -0.25) is 9.59 Å². The van der Waals surface area contributed by atoms with E-state index in [1.165, 1.54) is 0 Å². The van der Waals surface area contributed by atoms with Gasteiger partial charge in [0.15, 0.2) is 0 Å². The summed E-state index contributed by atoms with van der Waals surface area (Å²) in [6, 6.07) is 5.98. The van der Waals surface area contributed by atoms with Crippen LogP contribution in [0, 0.1) is 13.8 Å². The van der Waals surface area contributed by atoms with Crippen molar-refractivity contribution >= 4 is 16.8 Å². The third kappa shape index (κ3) is 4.44. The van der Waals surface area contributed by atoms with Gasteiger partial charge in [0.25, 0.3) is 5.56 Å². The van der Waals surface area contributed by atoms with Crippen LogP contribution in [0.2, 0.25) is 0 Å². The molecule has 0 radical (unpaired) electrons. The quantitative estimate of drug-likeness (QED) is 0.770. The normalized spacial score (nSPS) is 10.9. The standard InChI is InChI=1S/C19H26N2O2/c1-4-5-6-11-20-17(22)10-9-16-12-15-8-7-13(2)14(3)18(15)21-19(16)23/h7-8,12H,4-6,9-11H2,1-3H3,(H,20,22)(H,21,23). The van der Waals surface area contributed by atoms with Crippen LogP contribution in [-0.4, -0.2) is 17.4 Å². The molecule has 0 aliphatic carbocycles. The Morgan fingerprint density at radius 1 is 1.22 bits per heavy atom. The Labute approximate surface area is 137 Å². The number of pyridine rings is 1. The lowest BCUT2D eigenvalue weighted by molar-refractivity contribution is -0.121. The van der Waals surface area contributed by atoms with Crippen LogP contribution in [0.1, 0.15) is 49.3 Å². The van der Waals surface area contributed by atoms with Crippen LogP contribution in [0.25, 0.3) is 10.9 Å². The first-order valence-electron chi connectivity index (χ1n) is 8.41. The maximum absolute atomic E-state index is 12.2. The number of rotatable bonds is 7. The molecular formula is C19H26N2O2. The number of aromatic nitrogens is 1. The fourth-order valence-electron chi connectivity index (χ4n) is 2.70. The average molecular weight is 314 g/mol. The molecule has 1 aromatic heterocycles. The van der Waals surface area contributed by atoms with Crippen molar-refractivity contribution in [2.24, 2.45) is 0 Å². The first-order chi connectivity index (χ1) is 11.0. The Bertz CT molecular complexity index is 747. The van der Waals surface area contributed by atoms with E-state index < -0.39 is 0 Å². The van der Waals surface area contributed by atoms with Crippen LogP contribution in [-0.2, 0) is 11.2 Å². The number of unbranched alkanes of at least 4 members (excludes halogenated alkanes) is 2. The average Bonchev–Trinajstić information content (AvgIpc) is 2.54. The van der Waals surface area contributed by atoms with Gasteiger partial charge in [0.2, 0.25) is 5.91 Å². The van der Waals surface area contributed by atoms with Crippen LogP contribution < -0.4 is 10.9 Å². The molecule has 0 aliphatic heterocycles. The van der Waals surface area contributed by atoms with E-state index in [1.807, 2.05) is 26.0 Å². The van der Waals surface area contributed by atoms with Crippen LogP contribution in [0.3, 0.4) is 0 Å². The minimum Gasteiger partial charge on any atom is -0.356 e. The zero-order chi connectivity index (χ0) is 16.8. The number of hydrogen-bond donors (Lipinski definition) is 2. The van der Waals surface area contributed by atoms with Crippen molar-refractivity contribution in [2.75, 3.05) is 6.54 Å². The fraction of sp³-hybridized carbons (Fsp3) is 0.474. The van der Waals surface area contributed by atoms with Crippen LogP contribution in [0.4, 0.5) is 0 Å². The summed E-state index contributed by atoms with van der Waals surface area (Å²) < 4.78 is 0. The van der Waals surface area contributed by atoms with E-state index in [0.29, 0.717) is 18.4 Å². The van der Waals surface area contributed by atoms with Crippen molar-refractivity contribution in [3.05, 3.63) is 45.2 Å². The van der Waals surface area contributed by atoms with E-state index in [0.717, 1.165) is 47.8 Å². The SMILES string of the molecule is CCCCCNC(=O)CCc1cc2ccc(C)c(C)c2[nH]c1=O. The molecule has 2 N–H and O–H groups in total. The number of nitrogens with one attached hydrogen (secondary N) is 2. The summed E-state index contributed by atoms with van der Waals surface area (Å²) in [6.07, 6.45) is 4.10. The number of aromatic amines is 1. The topological polar surface area (TPSA) is 62.0 Å². The number of benzene rings is 1. The molecule has 0 saturated heterocycles. The van der Waals surface area contributed by atoms with Crippen molar-refractivity contribution in [1.82, 2.24) is 10.3 Å². The van der Waals surface area contributed by atoms with Crippen LogP contribution >= 0.6 is 0 Å². The second kappa shape index (κ2) is 7.95. The number of aryl methyl sites for hydroxylation is 3. The minimum atomic E-state index is -0.0926. The fourth-order valence-corrected chi connectivity index (χ4v) is 2.70. The molecule has 0 atom stereocenters. The first-order valence-corrected chi connectivity index (χ1v) is 8.41. The third-order valence-corrected chi connectivity index (χ3v) is 4.35. The molecular weight excluding hydrogens is 288 g/mol. The summed E-state index contributed by atoms with van der Waals surface area (Å²) in [6.45, 7) is 6.90. The number of amides is 1. The Hall–Kier alpha value is -2.10.